The summed E-state index contributed by atoms with van der Waals surface area (Å²) in [5.41, 5.74) is 0.736. The van der Waals surface area contributed by atoms with E-state index < -0.39 is 0 Å². The zero-order chi connectivity index (χ0) is 7.84. The lowest BCUT2D eigenvalue weighted by atomic mass is 10.4. The summed E-state index contributed by atoms with van der Waals surface area (Å²) in [7, 11) is 0. The van der Waals surface area contributed by atoms with Gasteiger partial charge in [-0.15, -0.1) is 11.3 Å². The third-order valence-electron chi connectivity index (χ3n) is 1.49. The van der Waals surface area contributed by atoms with Crippen molar-refractivity contribution in [3.05, 3.63) is 27.8 Å². The van der Waals surface area contributed by atoms with Crippen LogP contribution >= 0.6 is 27.3 Å². The summed E-state index contributed by atoms with van der Waals surface area (Å²) in [6, 6.07) is 0. The van der Waals surface area contributed by atoms with Gasteiger partial charge in [0.05, 0.1) is 5.56 Å². The Morgan fingerprint density at radius 3 is 3.18 bits per heavy atom. The number of halogens is 1. The number of aldehydes is 1. The summed E-state index contributed by atoms with van der Waals surface area (Å²) in [6.45, 7) is 0. The average Bonchev–Trinajstić information content (AvgIpc) is 2.46. The molecule has 56 valence electrons. The van der Waals surface area contributed by atoms with Crippen molar-refractivity contribution in [2.45, 2.75) is 0 Å². The van der Waals surface area contributed by atoms with Crippen LogP contribution in [0.5, 0.6) is 0 Å². The highest BCUT2D eigenvalue weighted by atomic mass is 79.9. The Morgan fingerprint density at radius 2 is 2.45 bits per heavy atom. The van der Waals surface area contributed by atoms with Crippen LogP contribution in [0.1, 0.15) is 10.4 Å². The normalized spacial score (nSPS) is 10.6. The van der Waals surface area contributed by atoms with Gasteiger partial charge in [0.2, 0.25) is 0 Å². The van der Waals surface area contributed by atoms with Gasteiger partial charge in [-0.05, 0) is 15.9 Å². The van der Waals surface area contributed by atoms with E-state index in [4.69, 9.17) is 0 Å². The average molecular weight is 230 g/mol. The lowest BCUT2D eigenvalue weighted by molar-refractivity contribution is 0.112. The fourth-order valence-corrected chi connectivity index (χ4v) is 2.47. The number of hydrogen-bond donors (Lipinski definition) is 0. The molecule has 2 heterocycles. The van der Waals surface area contributed by atoms with Gasteiger partial charge in [0.15, 0.2) is 6.29 Å². The van der Waals surface area contributed by atoms with Crippen LogP contribution in [-0.4, -0.2) is 10.7 Å². The van der Waals surface area contributed by atoms with Crippen molar-refractivity contribution in [3.8, 4) is 0 Å². The number of aromatic nitrogens is 1. The third kappa shape index (κ3) is 0.937. The van der Waals surface area contributed by atoms with Crippen LogP contribution in [-0.2, 0) is 0 Å². The van der Waals surface area contributed by atoms with E-state index in [9.17, 15) is 4.79 Å². The largest absolute Gasteiger partial charge is 0.313 e. The molecule has 0 aromatic carbocycles. The standard InChI is InChI=1S/C7H4BrNOS/c8-6-3-9-1-2-11-7(9)5(6)4-10/h1-4H. The van der Waals surface area contributed by atoms with Crippen LogP contribution in [0.2, 0.25) is 0 Å². The van der Waals surface area contributed by atoms with E-state index in [2.05, 4.69) is 15.9 Å². The first-order valence-corrected chi connectivity index (χ1v) is 4.69. The molecule has 0 aliphatic heterocycles. The van der Waals surface area contributed by atoms with Gasteiger partial charge in [0.25, 0.3) is 0 Å². The molecule has 0 aliphatic rings. The molecule has 0 saturated heterocycles. The van der Waals surface area contributed by atoms with Gasteiger partial charge in [0, 0.05) is 22.2 Å². The van der Waals surface area contributed by atoms with E-state index in [1.165, 1.54) is 0 Å². The minimum atomic E-state index is 0.736. The van der Waals surface area contributed by atoms with E-state index >= 15 is 0 Å². The summed E-state index contributed by atoms with van der Waals surface area (Å²) < 4.78 is 2.79. The maximum atomic E-state index is 10.6. The summed E-state index contributed by atoms with van der Waals surface area (Å²) in [4.78, 5) is 11.6. The highest BCUT2D eigenvalue weighted by molar-refractivity contribution is 9.10. The zero-order valence-electron chi connectivity index (χ0n) is 5.45. The molecule has 0 spiro atoms. The summed E-state index contributed by atoms with van der Waals surface area (Å²) >= 11 is 4.86. The Kier molecular flexibility index (Phi) is 1.58. The molecule has 0 fully saturated rings. The molecule has 0 N–H and O–H groups in total. The minimum Gasteiger partial charge on any atom is -0.313 e. The van der Waals surface area contributed by atoms with Gasteiger partial charge in [-0.2, -0.15) is 0 Å². The number of carbonyl (C=O) groups is 1. The van der Waals surface area contributed by atoms with Gasteiger partial charge in [-0.1, -0.05) is 0 Å². The van der Waals surface area contributed by atoms with E-state index in [0.717, 1.165) is 21.2 Å². The monoisotopic (exact) mass is 229 g/mol. The predicted molar refractivity (Wildman–Crippen MR) is 48.4 cm³/mol. The van der Waals surface area contributed by atoms with Crippen LogP contribution in [0.15, 0.2) is 22.2 Å². The number of carbonyl (C=O) groups excluding carboxylic acids is 1. The van der Waals surface area contributed by atoms with Crippen molar-refractivity contribution in [1.82, 2.24) is 4.40 Å². The van der Waals surface area contributed by atoms with Gasteiger partial charge >= 0.3 is 0 Å². The molecule has 0 aliphatic carbocycles. The zero-order valence-corrected chi connectivity index (χ0v) is 7.85. The maximum absolute atomic E-state index is 10.6. The van der Waals surface area contributed by atoms with Gasteiger partial charge < -0.3 is 4.40 Å². The molecular weight excluding hydrogens is 226 g/mol. The summed E-state index contributed by atoms with van der Waals surface area (Å²) in [5, 5.41) is 1.95. The van der Waals surface area contributed by atoms with Crippen LogP contribution in [0.3, 0.4) is 0 Å². The maximum Gasteiger partial charge on any atom is 0.154 e. The lowest BCUT2D eigenvalue weighted by Crippen LogP contribution is -1.73. The first-order valence-electron chi connectivity index (χ1n) is 3.02. The SMILES string of the molecule is O=Cc1c(Br)cn2ccsc12. The molecule has 0 bridgehead atoms. The van der Waals surface area contributed by atoms with Crippen molar-refractivity contribution >= 4 is 38.4 Å². The first kappa shape index (κ1) is 7.06. The second kappa shape index (κ2) is 2.46. The smallest absolute Gasteiger partial charge is 0.154 e. The Labute approximate surface area is 75.6 Å². The van der Waals surface area contributed by atoms with Crippen molar-refractivity contribution in [2.24, 2.45) is 0 Å². The van der Waals surface area contributed by atoms with Crippen molar-refractivity contribution in [2.75, 3.05) is 0 Å². The number of nitrogens with zero attached hydrogens (tertiary/aromatic N) is 1. The van der Waals surface area contributed by atoms with Gasteiger partial charge in [-0.25, -0.2) is 0 Å². The Balaban J connectivity index is 2.90. The number of fused-ring (bicyclic) bond motifs is 1. The quantitative estimate of drug-likeness (QED) is 0.690. The molecule has 0 saturated carbocycles. The molecular formula is C7H4BrNOS. The summed E-state index contributed by atoms with van der Waals surface area (Å²) in [5.74, 6) is 0. The molecule has 4 heteroatoms. The highest BCUT2D eigenvalue weighted by Gasteiger charge is 2.07. The van der Waals surface area contributed by atoms with Crippen LogP contribution in [0.4, 0.5) is 0 Å². The molecule has 0 amide bonds. The van der Waals surface area contributed by atoms with Crippen LogP contribution in [0, 0.1) is 0 Å². The van der Waals surface area contributed by atoms with Gasteiger partial charge in [0.1, 0.15) is 4.83 Å². The topological polar surface area (TPSA) is 21.5 Å². The van der Waals surface area contributed by atoms with Gasteiger partial charge in [-0.3, -0.25) is 4.79 Å². The number of rotatable bonds is 1. The van der Waals surface area contributed by atoms with E-state index in [1.54, 1.807) is 11.3 Å². The lowest BCUT2D eigenvalue weighted by Gasteiger charge is -1.80. The fraction of sp³-hybridized carbons (Fsp3) is 0. The molecule has 2 aromatic heterocycles. The van der Waals surface area contributed by atoms with E-state index in [0.29, 0.717) is 0 Å². The minimum absolute atomic E-state index is 0.736. The van der Waals surface area contributed by atoms with Crippen molar-refractivity contribution in [3.63, 3.8) is 0 Å². The van der Waals surface area contributed by atoms with Crippen LogP contribution in [0.25, 0.3) is 4.83 Å². The molecule has 11 heavy (non-hydrogen) atoms. The first-order chi connectivity index (χ1) is 5.33. The second-order valence-electron chi connectivity index (χ2n) is 2.12. The van der Waals surface area contributed by atoms with Crippen molar-refractivity contribution < 1.29 is 4.79 Å². The fourth-order valence-electron chi connectivity index (χ4n) is 0.994. The Hall–Kier alpha value is -0.610. The summed E-state index contributed by atoms with van der Waals surface area (Å²) in [6.07, 6.45) is 4.68. The van der Waals surface area contributed by atoms with Crippen LogP contribution < -0.4 is 0 Å². The Morgan fingerprint density at radius 1 is 1.64 bits per heavy atom. The molecule has 2 nitrogen and oxygen atoms in total. The molecule has 0 radical (unpaired) electrons. The number of hydrogen-bond acceptors (Lipinski definition) is 2. The van der Waals surface area contributed by atoms with E-state index in [1.807, 2.05) is 22.2 Å². The molecule has 2 rings (SSSR count). The molecule has 0 unspecified atom stereocenters. The van der Waals surface area contributed by atoms with E-state index in [-0.39, 0.29) is 0 Å². The Bertz CT molecular complexity index is 403. The highest BCUT2D eigenvalue weighted by Crippen LogP contribution is 2.25. The second-order valence-corrected chi connectivity index (χ2v) is 3.87. The van der Waals surface area contributed by atoms with Crippen molar-refractivity contribution in [1.29, 1.82) is 0 Å². The molecule has 2 aromatic rings. The number of thiazole rings is 1. The predicted octanol–water partition coefficient (Wildman–Crippen LogP) is 2.58. The molecule has 0 atom stereocenters. The third-order valence-corrected chi connectivity index (χ3v) is 3.04.